The molecule has 3 aromatic rings. The Hall–Kier alpha value is -2.44. The second-order valence-electron chi connectivity index (χ2n) is 9.41. The van der Waals surface area contributed by atoms with Gasteiger partial charge in [0.05, 0.1) is 0 Å². The van der Waals surface area contributed by atoms with Gasteiger partial charge in [0, 0.05) is 40.0 Å². The van der Waals surface area contributed by atoms with Crippen molar-refractivity contribution in [3.8, 4) is 0 Å². The van der Waals surface area contributed by atoms with E-state index < -0.39 is 49.5 Å². The van der Waals surface area contributed by atoms with E-state index in [1.807, 2.05) is 30.3 Å². The number of benzene rings is 3. The predicted octanol–water partition coefficient (Wildman–Crippen LogP) is 8.44. The van der Waals surface area contributed by atoms with E-state index in [1.54, 1.807) is 24.3 Å². The molecule has 0 atom stereocenters. The lowest BCUT2D eigenvalue weighted by Crippen LogP contribution is -2.63. The molecule has 0 saturated heterocycles. The van der Waals surface area contributed by atoms with Gasteiger partial charge < -0.3 is 9.47 Å². The Morgan fingerprint density at radius 1 is 0.614 bits per heavy atom. The van der Waals surface area contributed by atoms with Gasteiger partial charge in [0.1, 0.15) is 0 Å². The van der Waals surface area contributed by atoms with E-state index >= 15 is 0 Å². The number of halogens is 9. The first kappa shape index (κ1) is 36.0. The fourth-order valence-corrected chi connectivity index (χ4v) is 8.43. The van der Waals surface area contributed by atoms with Crippen LogP contribution in [0.5, 0.6) is 0 Å². The maximum atomic E-state index is 14.2. The molecule has 0 aliphatic heterocycles. The molecule has 0 radical (unpaired) electrons. The van der Waals surface area contributed by atoms with E-state index in [4.69, 9.17) is 9.47 Å². The second-order valence-corrected chi connectivity index (χ2v) is 15.5. The summed E-state index contributed by atoms with van der Waals surface area (Å²) in [6.45, 7) is 0. The van der Waals surface area contributed by atoms with Crippen molar-refractivity contribution in [3.63, 3.8) is 0 Å². The third kappa shape index (κ3) is 6.44. The third-order valence-electron chi connectivity index (χ3n) is 6.28. The SMILES string of the molecule is COC(OC)(c1ccc(Sc2ccccc2)cc1)c1ccc(S(C)(C)OS(=O)(=O)C(F)(F)C(F)(F)C(F)(F)C(F)(F)F)cc1. The molecule has 0 saturated carbocycles. The van der Waals surface area contributed by atoms with Gasteiger partial charge in [-0.05, 0) is 48.9 Å². The first-order valence-electron chi connectivity index (χ1n) is 12.0. The highest BCUT2D eigenvalue weighted by Crippen LogP contribution is 2.59. The minimum Gasteiger partial charge on any atom is -0.346 e. The highest BCUT2D eigenvalue weighted by atomic mass is 32.3. The zero-order chi connectivity index (χ0) is 33.4. The Morgan fingerprint density at radius 3 is 1.48 bits per heavy atom. The quantitative estimate of drug-likeness (QED) is 0.140. The van der Waals surface area contributed by atoms with Gasteiger partial charge >= 0.3 is 33.4 Å². The molecule has 17 heteroatoms. The maximum Gasteiger partial charge on any atom is 0.460 e. The normalized spacial score (nSPS) is 14.5. The molecule has 3 aromatic carbocycles. The molecule has 244 valence electrons. The van der Waals surface area contributed by atoms with Crippen LogP contribution in [-0.4, -0.2) is 58.4 Å². The second kappa shape index (κ2) is 12.4. The summed E-state index contributed by atoms with van der Waals surface area (Å²) < 4.78 is 160. The van der Waals surface area contributed by atoms with Crippen LogP contribution in [0, 0.1) is 0 Å². The summed E-state index contributed by atoms with van der Waals surface area (Å²) in [5.41, 5.74) is 0.806. The minimum absolute atomic E-state index is 0.178. The van der Waals surface area contributed by atoms with Crippen LogP contribution in [0.15, 0.2) is 93.5 Å². The summed E-state index contributed by atoms with van der Waals surface area (Å²) in [7, 11) is -7.94. The van der Waals surface area contributed by atoms with Crippen LogP contribution in [0.3, 0.4) is 0 Å². The molecule has 0 amide bonds. The van der Waals surface area contributed by atoms with Gasteiger partial charge in [0.15, 0.2) is 0 Å². The number of methoxy groups -OCH3 is 2. The average molecular weight is 697 g/mol. The number of alkyl halides is 9. The van der Waals surface area contributed by atoms with Gasteiger partial charge in [-0.2, -0.15) is 47.9 Å². The van der Waals surface area contributed by atoms with Crippen LogP contribution in [0.25, 0.3) is 0 Å². The van der Waals surface area contributed by atoms with E-state index in [9.17, 15) is 47.9 Å². The van der Waals surface area contributed by atoms with Gasteiger partial charge in [0.2, 0.25) is 5.79 Å². The lowest BCUT2D eigenvalue weighted by Gasteiger charge is -2.36. The number of ether oxygens (including phenoxy) is 2. The van der Waals surface area contributed by atoms with Crippen molar-refractivity contribution in [2.24, 2.45) is 0 Å². The van der Waals surface area contributed by atoms with Gasteiger partial charge in [0.25, 0.3) is 0 Å². The Labute approximate surface area is 253 Å². The molecule has 0 aliphatic carbocycles. The van der Waals surface area contributed by atoms with Crippen molar-refractivity contribution in [2.45, 2.75) is 43.7 Å². The molecule has 5 nitrogen and oxygen atoms in total. The van der Waals surface area contributed by atoms with E-state index in [0.717, 1.165) is 34.4 Å². The van der Waals surface area contributed by atoms with Gasteiger partial charge in [-0.15, -0.1) is 0 Å². The molecular weight excluding hydrogens is 671 g/mol. The Kier molecular flexibility index (Phi) is 10.2. The molecule has 0 bridgehead atoms. The molecule has 0 spiro atoms. The van der Waals surface area contributed by atoms with E-state index in [2.05, 4.69) is 3.63 Å². The lowest BCUT2D eigenvalue weighted by molar-refractivity contribution is -0.382. The first-order valence-corrected chi connectivity index (χ1v) is 16.6. The first-order chi connectivity index (χ1) is 20.1. The van der Waals surface area contributed by atoms with Crippen molar-refractivity contribution in [1.29, 1.82) is 0 Å². The largest absolute Gasteiger partial charge is 0.460 e. The van der Waals surface area contributed by atoms with Crippen molar-refractivity contribution >= 4 is 32.2 Å². The molecule has 0 unspecified atom stereocenters. The summed E-state index contributed by atoms with van der Waals surface area (Å²) >= 11 is 1.49. The number of rotatable bonds is 12. The average Bonchev–Trinajstić information content (AvgIpc) is 2.94. The molecule has 0 fully saturated rings. The molecule has 0 N–H and O–H groups in total. The smallest absolute Gasteiger partial charge is 0.346 e. The van der Waals surface area contributed by atoms with Crippen LogP contribution in [-0.2, 0) is 29.0 Å². The van der Waals surface area contributed by atoms with Gasteiger partial charge in [-0.3, -0.25) is 0 Å². The molecule has 3 rings (SSSR count). The third-order valence-corrected chi connectivity index (χ3v) is 11.7. The van der Waals surface area contributed by atoms with E-state index in [-0.39, 0.29) is 4.90 Å². The molecule has 0 aliphatic rings. The minimum atomic E-state index is -7.40. The van der Waals surface area contributed by atoms with Crippen molar-refractivity contribution in [1.82, 2.24) is 0 Å². The number of hydrogen-bond donors (Lipinski definition) is 0. The highest BCUT2D eigenvalue weighted by Gasteiger charge is 2.86. The maximum absolute atomic E-state index is 14.2. The summed E-state index contributed by atoms with van der Waals surface area (Å²) in [6, 6.07) is 21.5. The van der Waals surface area contributed by atoms with Crippen molar-refractivity contribution in [2.75, 3.05) is 26.7 Å². The zero-order valence-electron chi connectivity index (χ0n) is 23.2. The Morgan fingerprint density at radius 2 is 1.05 bits per heavy atom. The van der Waals surface area contributed by atoms with Gasteiger partial charge in [-0.25, -0.2) is 3.63 Å². The summed E-state index contributed by atoms with van der Waals surface area (Å²) in [5.74, 6) is -16.3. The van der Waals surface area contributed by atoms with Gasteiger partial charge in [-0.1, -0.05) is 64.5 Å². The van der Waals surface area contributed by atoms with E-state index in [0.29, 0.717) is 11.1 Å². The Balaban J connectivity index is 1.91. The monoisotopic (exact) mass is 696 g/mol. The van der Waals surface area contributed by atoms with Crippen LogP contribution >= 0.6 is 22.1 Å². The lowest BCUT2D eigenvalue weighted by atomic mass is 9.97. The molecule has 0 aromatic heterocycles. The topological polar surface area (TPSA) is 61.8 Å². The zero-order valence-corrected chi connectivity index (χ0v) is 25.6. The summed E-state index contributed by atoms with van der Waals surface area (Å²) in [5, 5.41) is -6.96. The van der Waals surface area contributed by atoms with Crippen LogP contribution in [0.4, 0.5) is 39.5 Å². The molecule has 44 heavy (non-hydrogen) atoms. The number of hydrogen-bond acceptors (Lipinski definition) is 6. The highest BCUT2D eigenvalue weighted by molar-refractivity contribution is 8.32. The standard InChI is InChI=1S/C27H25F9O5S3/c1-39-23(40-2,18-10-14-21(15-11-18)42-20-8-6-5-7-9-20)19-12-16-22(17-13-19)43(3,4)41-44(37,38)27(35,36)25(30,31)24(28,29)26(32,33)34/h5-17H,1-4H3. The summed E-state index contributed by atoms with van der Waals surface area (Å²) in [4.78, 5) is 1.70. The fraction of sp³-hybridized carbons (Fsp3) is 0.333. The van der Waals surface area contributed by atoms with Crippen molar-refractivity contribution in [3.05, 3.63) is 90.0 Å². The van der Waals surface area contributed by atoms with E-state index in [1.165, 1.54) is 38.1 Å². The molecule has 0 heterocycles. The summed E-state index contributed by atoms with van der Waals surface area (Å²) in [6.07, 6.45) is -5.42. The Bertz CT molecular complexity index is 1530. The predicted molar refractivity (Wildman–Crippen MR) is 147 cm³/mol. The van der Waals surface area contributed by atoms with Crippen LogP contribution in [0.1, 0.15) is 11.1 Å². The fourth-order valence-electron chi connectivity index (χ4n) is 3.91. The van der Waals surface area contributed by atoms with Crippen molar-refractivity contribution < 1.29 is 61.0 Å². The van der Waals surface area contributed by atoms with Crippen LogP contribution < -0.4 is 0 Å². The van der Waals surface area contributed by atoms with Crippen LogP contribution in [0.2, 0.25) is 0 Å². The molecular formula is C27H25F9O5S3.